The zero-order valence-electron chi connectivity index (χ0n) is 16.0. The van der Waals surface area contributed by atoms with Crippen molar-refractivity contribution in [2.45, 2.75) is 50.5 Å². The summed E-state index contributed by atoms with van der Waals surface area (Å²) in [5.74, 6) is -0.164. The Kier molecular flexibility index (Phi) is 5.75. The Balaban J connectivity index is 1.66. The number of hydrogen-bond donors (Lipinski definition) is 2. The highest BCUT2D eigenvalue weighted by Crippen LogP contribution is 2.43. The van der Waals surface area contributed by atoms with E-state index >= 15 is 0 Å². The number of amides is 1. The van der Waals surface area contributed by atoms with Crippen LogP contribution >= 0.6 is 0 Å². The first-order valence-corrected chi connectivity index (χ1v) is 9.38. The Morgan fingerprint density at radius 3 is 2.78 bits per heavy atom. The second-order valence-corrected chi connectivity index (χ2v) is 7.86. The lowest BCUT2D eigenvalue weighted by molar-refractivity contribution is -0.120. The molecule has 0 bridgehead atoms. The van der Waals surface area contributed by atoms with E-state index in [2.05, 4.69) is 53.4 Å². The average Bonchev–Trinajstić information content (AvgIpc) is 2.63. The van der Waals surface area contributed by atoms with Gasteiger partial charge in [-0.2, -0.15) is 0 Å². The lowest BCUT2D eigenvalue weighted by Crippen LogP contribution is -2.45. The summed E-state index contributed by atoms with van der Waals surface area (Å²) >= 11 is 0. The van der Waals surface area contributed by atoms with Crippen LogP contribution in [-0.2, 0) is 21.4 Å². The second-order valence-electron chi connectivity index (χ2n) is 7.86. The molecule has 0 aliphatic carbocycles. The molecule has 1 saturated heterocycles. The van der Waals surface area contributed by atoms with Crippen LogP contribution in [0.1, 0.15) is 44.2 Å². The summed E-state index contributed by atoms with van der Waals surface area (Å²) in [7, 11) is 0. The number of nitrogens with zero attached hydrogens (tertiary/aromatic N) is 1. The van der Waals surface area contributed by atoms with Crippen LogP contribution in [-0.4, -0.2) is 34.6 Å². The summed E-state index contributed by atoms with van der Waals surface area (Å²) in [6, 6.07) is 10.5. The van der Waals surface area contributed by atoms with Gasteiger partial charge in [0.2, 0.25) is 5.91 Å². The third kappa shape index (κ3) is 4.83. The molecule has 2 aromatic rings. The molecule has 1 aromatic heterocycles. The second kappa shape index (κ2) is 8.05. The Morgan fingerprint density at radius 2 is 2.07 bits per heavy atom. The fraction of sp³-hybridized carbons (Fsp3) is 0.476. The monoisotopic (exact) mass is 369 g/mol. The van der Waals surface area contributed by atoms with Crippen molar-refractivity contribution in [1.82, 2.24) is 15.3 Å². The van der Waals surface area contributed by atoms with E-state index in [4.69, 9.17) is 4.74 Å². The summed E-state index contributed by atoms with van der Waals surface area (Å²) < 4.78 is 5.93. The molecule has 0 radical (unpaired) electrons. The van der Waals surface area contributed by atoms with Crippen molar-refractivity contribution < 1.29 is 9.53 Å². The molecular weight excluding hydrogens is 342 g/mol. The summed E-state index contributed by atoms with van der Waals surface area (Å²) in [4.78, 5) is 30.3. The van der Waals surface area contributed by atoms with Gasteiger partial charge in [-0.3, -0.25) is 9.59 Å². The molecule has 6 nitrogen and oxygen atoms in total. The SMILES string of the molecule is CC1(C)CC(CCNC(=O)Cc2cnc[nH]c2=O)(c2ccccc2)CCO1. The topological polar surface area (TPSA) is 84.1 Å². The number of rotatable bonds is 6. The maximum absolute atomic E-state index is 12.3. The number of carbonyl (C=O) groups is 1. The molecular formula is C21H27N3O3. The quantitative estimate of drug-likeness (QED) is 0.819. The van der Waals surface area contributed by atoms with Crippen molar-refractivity contribution in [2.75, 3.05) is 13.2 Å². The maximum atomic E-state index is 12.3. The van der Waals surface area contributed by atoms with Crippen molar-refractivity contribution in [3.63, 3.8) is 0 Å². The number of aromatic nitrogens is 2. The highest BCUT2D eigenvalue weighted by Gasteiger charge is 2.41. The predicted molar refractivity (Wildman–Crippen MR) is 104 cm³/mol. The molecule has 1 aromatic carbocycles. The van der Waals surface area contributed by atoms with E-state index in [1.165, 1.54) is 18.1 Å². The Bertz CT molecular complexity index is 832. The third-order valence-corrected chi connectivity index (χ3v) is 5.29. The lowest BCUT2D eigenvalue weighted by Gasteiger charge is -2.45. The number of carbonyl (C=O) groups excluding carboxylic acids is 1. The molecule has 1 amide bonds. The first-order valence-electron chi connectivity index (χ1n) is 9.38. The van der Waals surface area contributed by atoms with Crippen molar-refractivity contribution in [2.24, 2.45) is 0 Å². The molecule has 1 fully saturated rings. The predicted octanol–water partition coefficient (Wildman–Crippen LogP) is 2.35. The Labute approximate surface area is 159 Å². The Morgan fingerprint density at radius 1 is 1.30 bits per heavy atom. The molecule has 6 heteroatoms. The Hall–Kier alpha value is -2.47. The first kappa shape index (κ1) is 19.3. The van der Waals surface area contributed by atoms with Gasteiger partial charge in [0.15, 0.2) is 0 Å². The lowest BCUT2D eigenvalue weighted by atomic mass is 9.67. The summed E-state index contributed by atoms with van der Waals surface area (Å²) in [5, 5.41) is 2.97. The van der Waals surface area contributed by atoms with Crippen LogP contribution in [0.15, 0.2) is 47.7 Å². The van der Waals surface area contributed by atoms with E-state index in [9.17, 15) is 9.59 Å². The van der Waals surface area contributed by atoms with Crippen LogP contribution in [0.25, 0.3) is 0 Å². The van der Waals surface area contributed by atoms with Gasteiger partial charge in [-0.05, 0) is 38.7 Å². The van der Waals surface area contributed by atoms with Gasteiger partial charge < -0.3 is 15.0 Å². The zero-order valence-corrected chi connectivity index (χ0v) is 16.0. The first-order chi connectivity index (χ1) is 12.9. The molecule has 0 saturated carbocycles. The summed E-state index contributed by atoms with van der Waals surface area (Å²) in [6.07, 6.45) is 5.46. The minimum atomic E-state index is -0.271. The van der Waals surface area contributed by atoms with Gasteiger partial charge in [-0.1, -0.05) is 30.3 Å². The molecule has 144 valence electrons. The van der Waals surface area contributed by atoms with Crippen LogP contribution in [0.3, 0.4) is 0 Å². The van der Waals surface area contributed by atoms with Crippen LogP contribution in [0, 0.1) is 0 Å². The van der Waals surface area contributed by atoms with Crippen molar-refractivity contribution >= 4 is 5.91 Å². The maximum Gasteiger partial charge on any atom is 0.254 e. The van der Waals surface area contributed by atoms with Gasteiger partial charge >= 0.3 is 0 Å². The fourth-order valence-electron chi connectivity index (χ4n) is 4.05. The van der Waals surface area contributed by atoms with Crippen molar-refractivity contribution in [1.29, 1.82) is 0 Å². The molecule has 2 N–H and O–H groups in total. The van der Waals surface area contributed by atoms with Crippen LogP contribution < -0.4 is 10.9 Å². The number of nitrogens with one attached hydrogen (secondary N) is 2. The van der Waals surface area contributed by atoms with E-state index in [1.807, 2.05) is 6.07 Å². The zero-order chi connectivity index (χ0) is 19.3. The van der Waals surface area contributed by atoms with E-state index in [-0.39, 0.29) is 28.9 Å². The van der Waals surface area contributed by atoms with Gasteiger partial charge in [-0.25, -0.2) is 4.98 Å². The minimum absolute atomic E-state index is 0.0257. The molecule has 2 heterocycles. The van der Waals surface area contributed by atoms with Gasteiger partial charge in [-0.15, -0.1) is 0 Å². The van der Waals surface area contributed by atoms with E-state index in [0.29, 0.717) is 18.7 Å². The summed E-state index contributed by atoms with van der Waals surface area (Å²) in [5.41, 5.74) is 1.18. The largest absolute Gasteiger partial charge is 0.376 e. The average molecular weight is 369 g/mol. The van der Waals surface area contributed by atoms with Crippen molar-refractivity contribution in [3.05, 3.63) is 64.3 Å². The van der Waals surface area contributed by atoms with Gasteiger partial charge in [0.05, 0.1) is 18.3 Å². The van der Waals surface area contributed by atoms with Gasteiger partial charge in [0.1, 0.15) is 0 Å². The number of aromatic amines is 1. The standard InChI is InChI=1S/C21H27N3O3/c1-20(2)14-21(9-11-27-20,17-6-4-3-5-7-17)8-10-23-18(25)12-16-13-22-15-24-19(16)26/h3-7,13,15H,8-12,14H2,1-2H3,(H,23,25)(H,22,24,26). The normalized spacial score (nSPS) is 21.6. The third-order valence-electron chi connectivity index (χ3n) is 5.29. The molecule has 27 heavy (non-hydrogen) atoms. The van der Waals surface area contributed by atoms with Crippen LogP contribution in [0.4, 0.5) is 0 Å². The fourth-order valence-corrected chi connectivity index (χ4v) is 4.05. The highest BCUT2D eigenvalue weighted by molar-refractivity contribution is 5.78. The van der Waals surface area contributed by atoms with E-state index in [1.54, 1.807) is 0 Å². The van der Waals surface area contributed by atoms with E-state index < -0.39 is 0 Å². The van der Waals surface area contributed by atoms with Crippen LogP contribution in [0.2, 0.25) is 0 Å². The van der Waals surface area contributed by atoms with Gasteiger partial charge in [0.25, 0.3) is 5.56 Å². The number of benzene rings is 1. The number of hydrogen-bond acceptors (Lipinski definition) is 4. The molecule has 3 rings (SSSR count). The smallest absolute Gasteiger partial charge is 0.254 e. The number of H-pyrrole nitrogens is 1. The highest BCUT2D eigenvalue weighted by atomic mass is 16.5. The number of ether oxygens (including phenoxy) is 1. The molecule has 1 aliphatic heterocycles. The molecule has 0 spiro atoms. The summed E-state index contributed by atoms with van der Waals surface area (Å²) in [6.45, 7) is 5.51. The van der Waals surface area contributed by atoms with Gasteiger partial charge in [0, 0.05) is 30.3 Å². The van der Waals surface area contributed by atoms with E-state index in [0.717, 1.165) is 19.3 Å². The minimum Gasteiger partial charge on any atom is -0.376 e. The molecule has 1 unspecified atom stereocenters. The van der Waals surface area contributed by atoms with Crippen molar-refractivity contribution in [3.8, 4) is 0 Å². The molecule has 1 aliphatic rings. The molecule has 1 atom stereocenters. The van der Waals surface area contributed by atoms with Crippen LogP contribution in [0.5, 0.6) is 0 Å².